The second kappa shape index (κ2) is 4.28. The maximum Gasteiger partial charge on any atom is 0.326 e. The van der Waals surface area contributed by atoms with E-state index in [2.05, 4.69) is 30.2 Å². The molecule has 0 amide bonds. The van der Waals surface area contributed by atoms with Crippen molar-refractivity contribution in [2.75, 3.05) is 13.1 Å². The van der Waals surface area contributed by atoms with Crippen LogP contribution >= 0.6 is 0 Å². The monoisotopic (exact) mass is 245 g/mol. The molecule has 2 N–H and O–H groups in total. The topological polar surface area (TPSA) is 49.8 Å². The minimum atomic E-state index is 0.0225. The van der Waals surface area contributed by atoms with Gasteiger partial charge in [-0.1, -0.05) is 13.0 Å². The highest BCUT2D eigenvalue weighted by Gasteiger charge is 2.25. The SMILES string of the molecule is Cc1ccc2[nH]c(=O)n(C3CCNCC3C)c2c1. The second-order valence-electron chi connectivity index (χ2n) is 5.36. The van der Waals surface area contributed by atoms with Crippen molar-refractivity contribution < 1.29 is 0 Å². The molecule has 0 bridgehead atoms. The summed E-state index contributed by atoms with van der Waals surface area (Å²) >= 11 is 0. The summed E-state index contributed by atoms with van der Waals surface area (Å²) in [6.07, 6.45) is 1.02. The fourth-order valence-corrected chi connectivity index (χ4v) is 2.94. The number of benzene rings is 1. The zero-order valence-corrected chi connectivity index (χ0v) is 10.9. The zero-order chi connectivity index (χ0) is 12.7. The van der Waals surface area contributed by atoms with Crippen LogP contribution in [0.1, 0.15) is 24.9 Å². The van der Waals surface area contributed by atoms with Crippen molar-refractivity contribution in [1.82, 2.24) is 14.9 Å². The van der Waals surface area contributed by atoms with Crippen molar-refractivity contribution in [3.8, 4) is 0 Å². The molecule has 1 aromatic heterocycles. The molecule has 2 atom stereocenters. The van der Waals surface area contributed by atoms with Gasteiger partial charge in [0.2, 0.25) is 0 Å². The number of piperidine rings is 1. The standard InChI is InChI=1S/C14H19N3O/c1-9-3-4-11-13(7-9)17(14(18)16-11)12-5-6-15-8-10(12)2/h3-4,7,10,12,15H,5-6,8H2,1-2H3,(H,16,18). The fraction of sp³-hybridized carbons (Fsp3) is 0.500. The van der Waals surface area contributed by atoms with E-state index in [1.807, 2.05) is 16.7 Å². The van der Waals surface area contributed by atoms with Crippen molar-refractivity contribution in [1.29, 1.82) is 0 Å². The number of hydrogen-bond donors (Lipinski definition) is 2. The van der Waals surface area contributed by atoms with Crippen LogP contribution in [0.4, 0.5) is 0 Å². The van der Waals surface area contributed by atoms with E-state index in [1.54, 1.807) is 0 Å². The van der Waals surface area contributed by atoms with E-state index < -0.39 is 0 Å². The van der Waals surface area contributed by atoms with Gasteiger partial charge in [0.05, 0.1) is 11.0 Å². The van der Waals surface area contributed by atoms with Gasteiger partial charge in [-0.3, -0.25) is 4.57 Å². The van der Waals surface area contributed by atoms with Crippen LogP contribution in [0.15, 0.2) is 23.0 Å². The van der Waals surface area contributed by atoms with Gasteiger partial charge in [0.25, 0.3) is 0 Å². The second-order valence-corrected chi connectivity index (χ2v) is 5.36. The molecule has 1 saturated heterocycles. The number of aromatic nitrogens is 2. The first-order valence-electron chi connectivity index (χ1n) is 6.58. The van der Waals surface area contributed by atoms with Crippen LogP contribution in [0.25, 0.3) is 11.0 Å². The predicted octanol–water partition coefficient (Wildman–Crippen LogP) is 1.81. The third-order valence-corrected chi connectivity index (χ3v) is 3.94. The number of rotatable bonds is 1. The number of nitrogens with one attached hydrogen (secondary N) is 2. The molecule has 2 aromatic rings. The first kappa shape index (κ1) is 11.5. The first-order chi connectivity index (χ1) is 8.66. The van der Waals surface area contributed by atoms with Gasteiger partial charge in [-0.05, 0) is 50.0 Å². The van der Waals surface area contributed by atoms with E-state index in [9.17, 15) is 4.79 Å². The van der Waals surface area contributed by atoms with Crippen molar-refractivity contribution in [3.05, 3.63) is 34.2 Å². The minimum Gasteiger partial charge on any atom is -0.316 e. The average Bonchev–Trinajstić information content (AvgIpc) is 2.66. The first-order valence-corrected chi connectivity index (χ1v) is 6.58. The summed E-state index contributed by atoms with van der Waals surface area (Å²) < 4.78 is 1.95. The van der Waals surface area contributed by atoms with Crippen LogP contribution in [0.3, 0.4) is 0 Å². The Hall–Kier alpha value is -1.55. The normalized spacial score (nSPS) is 24.6. The number of nitrogens with zero attached hydrogens (tertiary/aromatic N) is 1. The highest BCUT2D eigenvalue weighted by Crippen LogP contribution is 2.26. The summed E-state index contributed by atoms with van der Waals surface area (Å²) in [7, 11) is 0. The van der Waals surface area contributed by atoms with E-state index in [0.29, 0.717) is 12.0 Å². The molecule has 4 heteroatoms. The van der Waals surface area contributed by atoms with Gasteiger partial charge in [0, 0.05) is 6.04 Å². The summed E-state index contributed by atoms with van der Waals surface area (Å²) in [5.74, 6) is 0.482. The molecule has 1 aliphatic rings. The predicted molar refractivity (Wildman–Crippen MR) is 73.0 cm³/mol. The van der Waals surface area contributed by atoms with E-state index in [1.165, 1.54) is 5.56 Å². The van der Waals surface area contributed by atoms with Gasteiger partial charge in [-0.2, -0.15) is 0 Å². The van der Waals surface area contributed by atoms with Crippen LogP contribution < -0.4 is 11.0 Å². The number of fused-ring (bicyclic) bond motifs is 1. The fourth-order valence-electron chi connectivity index (χ4n) is 2.94. The maximum absolute atomic E-state index is 12.2. The third kappa shape index (κ3) is 1.77. The number of imidazole rings is 1. The number of hydrogen-bond acceptors (Lipinski definition) is 2. The highest BCUT2D eigenvalue weighted by atomic mass is 16.1. The summed E-state index contributed by atoms with van der Waals surface area (Å²) in [5, 5.41) is 3.38. The van der Waals surface area contributed by atoms with E-state index in [0.717, 1.165) is 30.5 Å². The maximum atomic E-state index is 12.2. The van der Waals surface area contributed by atoms with Crippen molar-refractivity contribution in [3.63, 3.8) is 0 Å². The summed E-state index contributed by atoms with van der Waals surface area (Å²) in [5.41, 5.74) is 3.20. The van der Waals surface area contributed by atoms with Crippen molar-refractivity contribution >= 4 is 11.0 Å². The Morgan fingerprint density at radius 2 is 2.22 bits per heavy atom. The smallest absolute Gasteiger partial charge is 0.316 e. The quantitative estimate of drug-likeness (QED) is 0.805. The van der Waals surface area contributed by atoms with E-state index >= 15 is 0 Å². The van der Waals surface area contributed by atoms with Crippen LogP contribution in [0.5, 0.6) is 0 Å². The average molecular weight is 245 g/mol. The Morgan fingerprint density at radius 1 is 1.39 bits per heavy atom. The van der Waals surface area contributed by atoms with Crippen LogP contribution in [0, 0.1) is 12.8 Å². The number of aromatic amines is 1. The molecule has 0 saturated carbocycles. The van der Waals surface area contributed by atoms with Crippen LogP contribution in [-0.4, -0.2) is 22.6 Å². The largest absolute Gasteiger partial charge is 0.326 e. The Kier molecular flexibility index (Phi) is 2.74. The molecule has 96 valence electrons. The van der Waals surface area contributed by atoms with Crippen molar-refractivity contribution in [2.24, 2.45) is 5.92 Å². The van der Waals surface area contributed by atoms with Crippen LogP contribution in [-0.2, 0) is 0 Å². The van der Waals surface area contributed by atoms with Gasteiger partial charge in [0.15, 0.2) is 0 Å². The molecular formula is C14H19N3O. The van der Waals surface area contributed by atoms with E-state index in [4.69, 9.17) is 0 Å². The Labute approximate surface area is 106 Å². The lowest BCUT2D eigenvalue weighted by Crippen LogP contribution is -2.39. The lowest BCUT2D eigenvalue weighted by atomic mass is 9.95. The Bertz CT molecular complexity index is 625. The van der Waals surface area contributed by atoms with E-state index in [-0.39, 0.29) is 5.69 Å². The van der Waals surface area contributed by atoms with Gasteiger partial charge in [-0.15, -0.1) is 0 Å². The summed E-state index contributed by atoms with van der Waals surface area (Å²) in [6, 6.07) is 6.43. The van der Waals surface area contributed by atoms with Gasteiger partial charge >= 0.3 is 5.69 Å². The molecular weight excluding hydrogens is 226 g/mol. The van der Waals surface area contributed by atoms with Gasteiger partial charge < -0.3 is 10.3 Å². The molecule has 18 heavy (non-hydrogen) atoms. The summed E-state index contributed by atoms with van der Waals surface area (Å²) in [6.45, 7) is 6.24. The Morgan fingerprint density at radius 3 is 3.00 bits per heavy atom. The molecule has 4 nitrogen and oxygen atoms in total. The van der Waals surface area contributed by atoms with Gasteiger partial charge in [0.1, 0.15) is 0 Å². The zero-order valence-electron chi connectivity index (χ0n) is 10.9. The van der Waals surface area contributed by atoms with Crippen LogP contribution in [0.2, 0.25) is 0 Å². The molecule has 2 unspecified atom stereocenters. The molecule has 0 radical (unpaired) electrons. The molecule has 1 fully saturated rings. The number of H-pyrrole nitrogens is 1. The summed E-state index contributed by atoms with van der Waals surface area (Å²) in [4.78, 5) is 15.1. The number of aryl methyl sites for hydroxylation is 1. The molecule has 2 heterocycles. The highest BCUT2D eigenvalue weighted by molar-refractivity contribution is 5.76. The molecule has 3 rings (SSSR count). The molecule has 1 aliphatic heterocycles. The molecule has 0 aliphatic carbocycles. The molecule has 1 aromatic carbocycles. The lowest BCUT2D eigenvalue weighted by Gasteiger charge is -2.30. The lowest BCUT2D eigenvalue weighted by molar-refractivity contribution is 0.274. The van der Waals surface area contributed by atoms with Crippen molar-refractivity contribution in [2.45, 2.75) is 26.3 Å². The Balaban J connectivity index is 2.18. The molecule has 0 spiro atoms. The third-order valence-electron chi connectivity index (χ3n) is 3.94. The minimum absolute atomic E-state index is 0.0225. The van der Waals surface area contributed by atoms with Gasteiger partial charge in [-0.25, -0.2) is 4.79 Å².